The van der Waals surface area contributed by atoms with Crippen LogP contribution in [0.15, 0.2) is 192 Å². The van der Waals surface area contributed by atoms with Crippen molar-refractivity contribution in [1.82, 2.24) is 9.55 Å². The average Bonchev–Trinajstić information content (AvgIpc) is 4.04. The first-order valence-electron chi connectivity index (χ1n) is 22.2. The molecule has 4 aliphatic rings. The second-order valence-corrected chi connectivity index (χ2v) is 17.9. The summed E-state index contributed by atoms with van der Waals surface area (Å²) in [6.07, 6.45) is 10.9. The molecule has 0 fully saturated rings. The van der Waals surface area contributed by atoms with E-state index in [9.17, 15) is 0 Å². The van der Waals surface area contributed by atoms with Crippen LogP contribution in [0.1, 0.15) is 60.2 Å². The first kappa shape index (κ1) is 37.3. The number of allylic oxidation sites excluding steroid dienone is 2. The highest BCUT2D eigenvalue weighted by Crippen LogP contribution is 2.52. The second-order valence-electron chi connectivity index (χ2n) is 17.9. The van der Waals surface area contributed by atoms with Crippen LogP contribution in [0.4, 0.5) is 5.69 Å². The molecule has 63 heavy (non-hydrogen) atoms. The Hall–Kier alpha value is -7.43. The van der Waals surface area contributed by atoms with E-state index in [0.717, 1.165) is 37.1 Å². The van der Waals surface area contributed by atoms with Crippen molar-refractivity contribution in [3.05, 3.63) is 220 Å². The Kier molecular flexibility index (Phi) is 8.65. The van der Waals surface area contributed by atoms with Gasteiger partial charge in [0.1, 0.15) is 11.9 Å². The summed E-state index contributed by atoms with van der Waals surface area (Å²) >= 11 is 0. The molecular formula is C59H47N3O. The number of aromatic nitrogens is 2. The van der Waals surface area contributed by atoms with Crippen LogP contribution >= 0.6 is 0 Å². The summed E-state index contributed by atoms with van der Waals surface area (Å²) in [7, 11) is 0. The molecule has 1 unspecified atom stereocenters. The molecule has 0 saturated carbocycles. The predicted molar refractivity (Wildman–Crippen MR) is 262 cm³/mol. The Morgan fingerprint density at radius 3 is 2.32 bits per heavy atom. The standard InChI is InChI=1S/C45H34N2O.C14H13N/c1-45(2)37-18-16-26(20-31(37)32-22-33-29-12-6-8-14-39(29)46-40(33)24-38(32)45)27-17-19-41-34(21-27)35-23-36-30-13-7-9-15-43(30)48-44(36)25-42(35)47(41)28-10-4-3-5-11-28;1-15-14-10-6-5-9-13(14)11-12-7-3-2-4-8-12/h3-6,8-12,14-24,44,46H,7,13,25H2,1-2H3;2-10H,1,11H2. The molecule has 4 heteroatoms. The van der Waals surface area contributed by atoms with Gasteiger partial charge in [0.05, 0.1) is 11.2 Å². The van der Waals surface area contributed by atoms with Gasteiger partial charge in [-0.2, -0.15) is 0 Å². The van der Waals surface area contributed by atoms with Gasteiger partial charge >= 0.3 is 0 Å². The largest absolute Gasteiger partial charge is 0.485 e. The molecule has 2 aromatic heterocycles. The molecule has 0 bridgehead atoms. The topological polar surface area (TPSA) is 42.3 Å². The van der Waals surface area contributed by atoms with E-state index in [0.29, 0.717) is 0 Å². The molecule has 1 aliphatic heterocycles. The number of aliphatic imine (C=N–C) groups is 1. The first-order chi connectivity index (χ1) is 30.9. The van der Waals surface area contributed by atoms with Crippen molar-refractivity contribution in [2.75, 3.05) is 0 Å². The quantitative estimate of drug-likeness (QED) is 0.173. The highest BCUT2D eigenvalue weighted by atomic mass is 16.5. The van der Waals surface area contributed by atoms with Gasteiger partial charge in [-0.3, -0.25) is 4.99 Å². The molecule has 13 rings (SSSR count). The Bertz CT molecular complexity index is 3410. The minimum Gasteiger partial charge on any atom is -0.485 e. The summed E-state index contributed by atoms with van der Waals surface area (Å²) in [4.78, 5) is 7.69. The number of hydrogen-bond acceptors (Lipinski definition) is 2. The number of hydrogen-bond donors (Lipinski definition) is 1. The zero-order valence-corrected chi connectivity index (χ0v) is 35.7. The number of rotatable bonds is 5. The van der Waals surface area contributed by atoms with Crippen LogP contribution in [-0.4, -0.2) is 22.4 Å². The summed E-state index contributed by atoms with van der Waals surface area (Å²) in [5.74, 6) is 1.07. The van der Waals surface area contributed by atoms with Crippen molar-refractivity contribution >= 4 is 51.2 Å². The van der Waals surface area contributed by atoms with Crippen molar-refractivity contribution in [2.45, 2.75) is 51.0 Å². The lowest BCUT2D eigenvalue weighted by Crippen LogP contribution is -2.19. The summed E-state index contributed by atoms with van der Waals surface area (Å²) in [5.41, 5.74) is 21.7. The Balaban J connectivity index is 0.000000239. The van der Waals surface area contributed by atoms with Crippen LogP contribution in [0, 0.1) is 0 Å². The second kappa shape index (κ2) is 14.6. The lowest BCUT2D eigenvalue weighted by Gasteiger charge is -2.21. The minimum absolute atomic E-state index is 0.0709. The van der Waals surface area contributed by atoms with Gasteiger partial charge in [-0.25, -0.2) is 0 Å². The van der Waals surface area contributed by atoms with Crippen LogP contribution < -0.4 is 0 Å². The van der Waals surface area contributed by atoms with Crippen molar-refractivity contribution < 1.29 is 4.74 Å². The van der Waals surface area contributed by atoms with E-state index in [-0.39, 0.29) is 11.5 Å². The van der Waals surface area contributed by atoms with E-state index >= 15 is 0 Å². The van der Waals surface area contributed by atoms with E-state index in [1.807, 2.05) is 24.3 Å². The molecule has 304 valence electrons. The number of H-pyrrole nitrogens is 1. The Morgan fingerprint density at radius 1 is 0.714 bits per heavy atom. The third-order valence-corrected chi connectivity index (χ3v) is 13.9. The number of nitrogens with zero attached hydrogens (tertiary/aromatic N) is 2. The number of nitrogens with one attached hydrogen (secondary N) is 1. The highest BCUT2D eigenvalue weighted by Gasteiger charge is 2.38. The molecular weight excluding hydrogens is 767 g/mol. The van der Waals surface area contributed by atoms with Crippen LogP contribution in [-0.2, 0) is 23.0 Å². The van der Waals surface area contributed by atoms with Crippen molar-refractivity contribution in [3.63, 3.8) is 0 Å². The fourth-order valence-corrected chi connectivity index (χ4v) is 10.8. The maximum Gasteiger partial charge on any atom is 0.130 e. The zero-order valence-electron chi connectivity index (χ0n) is 35.7. The van der Waals surface area contributed by atoms with Gasteiger partial charge in [0, 0.05) is 67.1 Å². The fourth-order valence-electron chi connectivity index (χ4n) is 10.8. The number of benzene rings is 7. The van der Waals surface area contributed by atoms with Gasteiger partial charge in [-0.15, -0.1) is 0 Å². The van der Waals surface area contributed by atoms with Crippen LogP contribution in [0.2, 0.25) is 0 Å². The third kappa shape index (κ3) is 6.07. The molecule has 0 saturated heterocycles. The lowest BCUT2D eigenvalue weighted by molar-refractivity contribution is 0.174. The van der Waals surface area contributed by atoms with Gasteiger partial charge in [0.2, 0.25) is 0 Å². The SMILES string of the molecule is C=Nc1ccccc1Cc1ccccc1.CC1(C)c2ccc(-c3ccc4c(c3)c3c(n4-c4ccccc4)CC4OC5=C(CCC=C5)C4=C3)cc2-c2cc3c(cc21)[nH]c1ccccc13. The van der Waals surface area contributed by atoms with Gasteiger partial charge in [-0.1, -0.05) is 123 Å². The summed E-state index contributed by atoms with van der Waals surface area (Å²) in [6.45, 7) is 8.32. The van der Waals surface area contributed by atoms with E-state index in [1.54, 1.807) is 0 Å². The van der Waals surface area contributed by atoms with Crippen LogP contribution in [0.25, 0.3) is 66.7 Å². The lowest BCUT2D eigenvalue weighted by atomic mass is 9.82. The van der Waals surface area contributed by atoms with Crippen molar-refractivity contribution in [3.8, 4) is 27.9 Å². The van der Waals surface area contributed by atoms with Gasteiger partial charge in [-0.05, 0) is 137 Å². The molecule has 3 aliphatic carbocycles. The zero-order chi connectivity index (χ0) is 42.2. The summed E-state index contributed by atoms with van der Waals surface area (Å²) < 4.78 is 9.01. The number of ether oxygens (including phenoxy) is 1. The molecule has 7 aromatic carbocycles. The van der Waals surface area contributed by atoms with E-state index in [1.165, 1.54) is 105 Å². The smallest absolute Gasteiger partial charge is 0.130 e. The van der Waals surface area contributed by atoms with Crippen molar-refractivity contribution in [1.29, 1.82) is 0 Å². The van der Waals surface area contributed by atoms with Gasteiger partial charge in [0.25, 0.3) is 0 Å². The Labute approximate surface area is 368 Å². The number of aromatic amines is 1. The maximum atomic E-state index is 6.55. The Morgan fingerprint density at radius 2 is 1.46 bits per heavy atom. The third-order valence-electron chi connectivity index (χ3n) is 13.9. The monoisotopic (exact) mass is 813 g/mol. The van der Waals surface area contributed by atoms with Gasteiger partial charge < -0.3 is 14.3 Å². The summed E-state index contributed by atoms with van der Waals surface area (Å²) in [5, 5.41) is 3.88. The molecule has 0 radical (unpaired) electrons. The molecule has 0 amide bonds. The molecule has 1 atom stereocenters. The van der Waals surface area contributed by atoms with E-state index in [2.05, 4.69) is 187 Å². The van der Waals surface area contributed by atoms with Crippen LogP contribution in [0.3, 0.4) is 0 Å². The molecule has 9 aromatic rings. The molecule has 3 heterocycles. The first-order valence-corrected chi connectivity index (χ1v) is 22.2. The van der Waals surface area contributed by atoms with Crippen molar-refractivity contribution in [2.24, 2.45) is 4.99 Å². The number of fused-ring (bicyclic) bond motifs is 11. The maximum absolute atomic E-state index is 6.55. The highest BCUT2D eigenvalue weighted by molar-refractivity contribution is 6.10. The van der Waals surface area contributed by atoms with Gasteiger partial charge in [0.15, 0.2) is 0 Å². The van der Waals surface area contributed by atoms with Crippen LogP contribution in [0.5, 0.6) is 0 Å². The predicted octanol–water partition coefficient (Wildman–Crippen LogP) is 14.8. The minimum atomic E-state index is -0.0709. The fraction of sp³-hybridized carbons (Fsp3) is 0.136. The molecule has 1 N–H and O–H groups in total. The summed E-state index contributed by atoms with van der Waals surface area (Å²) in [6, 6.07) is 57.0. The average molecular weight is 814 g/mol. The van der Waals surface area contributed by atoms with E-state index < -0.39 is 0 Å². The molecule has 0 spiro atoms. The number of para-hydroxylation sites is 3. The van der Waals surface area contributed by atoms with E-state index in [4.69, 9.17) is 4.74 Å². The molecule has 4 nitrogen and oxygen atoms in total. The normalized spacial score (nSPS) is 16.4.